The van der Waals surface area contributed by atoms with Crippen molar-refractivity contribution in [3.63, 3.8) is 0 Å². The number of nitrogens with one attached hydrogen (secondary N) is 1. The zero-order chi connectivity index (χ0) is 15.9. The Balaban J connectivity index is 0.00000172. The van der Waals surface area contributed by atoms with Crippen LogP contribution in [0.3, 0.4) is 0 Å². The smallest absolute Gasteiger partial charge is 0.147 e. The minimum absolute atomic E-state index is 0.149. The van der Waals surface area contributed by atoms with Crippen LogP contribution in [0.4, 0.5) is 0 Å². The van der Waals surface area contributed by atoms with Crippen molar-refractivity contribution in [2.45, 2.75) is 67.0 Å². The van der Waals surface area contributed by atoms with E-state index in [1.54, 1.807) is 19.1 Å². The number of carbonyl (C=O) groups excluding carboxylic acids is 1. The van der Waals surface area contributed by atoms with Gasteiger partial charge in [-0.1, -0.05) is 27.7 Å². The summed E-state index contributed by atoms with van der Waals surface area (Å²) < 4.78 is 0. The van der Waals surface area contributed by atoms with Gasteiger partial charge in [-0.25, -0.2) is 0 Å². The van der Waals surface area contributed by atoms with Crippen molar-refractivity contribution in [2.24, 2.45) is 0 Å². The van der Waals surface area contributed by atoms with Crippen molar-refractivity contribution in [3.8, 4) is 5.75 Å². The van der Waals surface area contributed by atoms with Crippen molar-refractivity contribution in [1.29, 1.82) is 0 Å². The van der Waals surface area contributed by atoms with Crippen molar-refractivity contribution >= 4 is 5.78 Å². The molecule has 2 N–H and O–H groups in total. The molecule has 3 nitrogen and oxygen atoms in total. The average molecular weight is 279 g/mol. The molecular weight excluding hydrogens is 250 g/mol. The summed E-state index contributed by atoms with van der Waals surface area (Å²) >= 11 is 0. The average Bonchev–Trinajstić information content (AvgIpc) is 2.33. The lowest BCUT2D eigenvalue weighted by Crippen LogP contribution is -2.41. The number of aromatic hydroxyl groups is 1. The maximum Gasteiger partial charge on any atom is 0.147 e. The Kier molecular flexibility index (Phi) is 8.16. The molecule has 0 aromatic heterocycles. The standard InChI is InChI=1S/C15H23NO2.C2H6/c1-9(2)16-15(12(5)17)8-14-10(3)6-13(18)7-11(14)4;1-2/h6-7,9,15-16,18H,8H2,1-5H3;1-2H3. The Morgan fingerprint density at radius 1 is 1.20 bits per heavy atom. The van der Waals surface area contributed by atoms with Gasteiger partial charge in [0.25, 0.3) is 0 Å². The summed E-state index contributed by atoms with van der Waals surface area (Å²) in [7, 11) is 0. The van der Waals surface area contributed by atoms with E-state index in [2.05, 4.69) is 5.32 Å². The van der Waals surface area contributed by atoms with Gasteiger partial charge in [-0.15, -0.1) is 0 Å². The van der Waals surface area contributed by atoms with Gasteiger partial charge in [0.05, 0.1) is 6.04 Å². The van der Waals surface area contributed by atoms with Gasteiger partial charge >= 0.3 is 0 Å². The topological polar surface area (TPSA) is 49.3 Å². The van der Waals surface area contributed by atoms with Gasteiger partial charge in [-0.3, -0.25) is 4.79 Å². The van der Waals surface area contributed by atoms with Gasteiger partial charge in [0.2, 0.25) is 0 Å². The molecule has 0 saturated carbocycles. The third-order valence-electron chi connectivity index (χ3n) is 3.11. The highest BCUT2D eigenvalue weighted by Crippen LogP contribution is 2.22. The maximum absolute atomic E-state index is 11.7. The highest BCUT2D eigenvalue weighted by atomic mass is 16.3. The second kappa shape index (κ2) is 8.75. The fourth-order valence-electron chi connectivity index (χ4n) is 2.22. The second-order valence-electron chi connectivity index (χ2n) is 5.25. The van der Waals surface area contributed by atoms with Gasteiger partial charge in [-0.05, 0) is 56.0 Å². The molecule has 0 amide bonds. The molecule has 0 aliphatic carbocycles. The van der Waals surface area contributed by atoms with Crippen molar-refractivity contribution in [1.82, 2.24) is 5.32 Å². The summed E-state index contributed by atoms with van der Waals surface area (Å²) in [6.45, 7) is 13.6. The minimum Gasteiger partial charge on any atom is -0.508 e. The summed E-state index contributed by atoms with van der Waals surface area (Å²) in [5, 5.41) is 12.8. The number of benzene rings is 1. The van der Waals surface area contributed by atoms with Gasteiger partial charge in [0, 0.05) is 6.04 Å². The number of Topliss-reactive ketones (excluding diaryl/α,β-unsaturated/α-hetero) is 1. The van der Waals surface area contributed by atoms with E-state index in [1.807, 2.05) is 41.5 Å². The third kappa shape index (κ3) is 5.74. The predicted octanol–water partition coefficient (Wildman–Crippen LogP) is 3.53. The highest BCUT2D eigenvalue weighted by Gasteiger charge is 2.18. The number of hydrogen-bond acceptors (Lipinski definition) is 3. The van der Waals surface area contributed by atoms with Crippen LogP contribution in [0, 0.1) is 13.8 Å². The molecule has 1 atom stereocenters. The fraction of sp³-hybridized carbons (Fsp3) is 0.588. The van der Waals surface area contributed by atoms with E-state index in [-0.39, 0.29) is 23.6 Å². The second-order valence-corrected chi connectivity index (χ2v) is 5.25. The molecule has 114 valence electrons. The summed E-state index contributed by atoms with van der Waals surface area (Å²) in [5.74, 6) is 0.431. The molecule has 0 aliphatic rings. The highest BCUT2D eigenvalue weighted by molar-refractivity contribution is 5.82. The van der Waals surface area contributed by atoms with E-state index >= 15 is 0 Å². The van der Waals surface area contributed by atoms with Crippen LogP contribution in [0.2, 0.25) is 0 Å². The van der Waals surface area contributed by atoms with Crippen LogP contribution in [0.1, 0.15) is 51.3 Å². The summed E-state index contributed by atoms with van der Waals surface area (Å²) in [6.07, 6.45) is 0.672. The molecule has 1 aromatic rings. The molecule has 0 radical (unpaired) electrons. The predicted molar refractivity (Wildman–Crippen MR) is 85.4 cm³/mol. The fourth-order valence-corrected chi connectivity index (χ4v) is 2.22. The van der Waals surface area contributed by atoms with Crippen molar-refractivity contribution in [2.75, 3.05) is 0 Å². The van der Waals surface area contributed by atoms with Gasteiger partial charge in [0.1, 0.15) is 11.5 Å². The molecule has 0 aliphatic heterocycles. The number of phenols is 1. The first-order valence-corrected chi connectivity index (χ1v) is 7.36. The van der Waals surface area contributed by atoms with Gasteiger partial charge in [0.15, 0.2) is 0 Å². The molecule has 1 rings (SSSR count). The van der Waals surface area contributed by atoms with Crippen molar-refractivity contribution < 1.29 is 9.90 Å². The molecule has 0 saturated heterocycles. The molecule has 1 unspecified atom stereocenters. The zero-order valence-corrected chi connectivity index (χ0v) is 13.9. The van der Waals surface area contributed by atoms with E-state index in [9.17, 15) is 9.90 Å². The van der Waals surface area contributed by atoms with Crippen LogP contribution in [0.5, 0.6) is 5.75 Å². The number of ketones is 1. The normalized spacial score (nSPS) is 11.8. The molecule has 0 fully saturated rings. The lowest BCUT2D eigenvalue weighted by atomic mass is 9.94. The van der Waals surface area contributed by atoms with Gasteiger partial charge in [-0.2, -0.15) is 0 Å². The van der Waals surface area contributed by atoms with E-state index in [4.69, 9.17) is 0 Å². The molecule has 0 heterocycles. The SMILES string of the molecule is CC.CC(=O)C(Cc1c(C)cc(O)cc1C)NC(C)C. The Morgan fingerprint density at radius 3 is 2.00 bits per heavy atom. The lowest BCUT2D eigenvalue weighted by molar-refractivity contribution is -0.119. The molecule has 1 aromatic carbocycles. The van der Waals surface area contributed by atoms with Crippen LogP contribution >= 0.6 is 0 Å². The largest absolute Gasteiger partial charge is 0.508 e. The third-order valence-corrected chi connectivity index (χ3v) is 3.11. The Morgan fingerprint density at radius 2 is 1.65 bits per heavy atom. The number of phenolic OH excluding ortho intramolecular Hbond substituents is 1. The first kappa shape index (κ1) is 18.7. The van der Waals surface area contributed by atoms with Crippen LogP contribution in [0.25, 0.3) is 0 Å². The molecule has 0 bridgehead atoms. The summed E-state index contributed by atoms with van der Waals surface area (Å²) in [6, 6.07) is 3.60. The number of aryl methyl sites for hydroxylation is 2. The Labute approximate surface area is 123 Å². The van der Waals surface area contributed by atoms with Crippen LogP contribution in [0.15, 0.2) is 12.1 Å². The summed E-state index contributed by atoms with van der Waals surface area (Å²) in [4.78, 5) is 11.7. The molecule has 3 heteroatoms. The monoisotopic (exact) mass is 279 g/mol. The minimum atomic E-state index is -0.160. The summed E-state index contributed by atoms with van der Waals surface area (Å²) in [5.41, 5.74) is 3.20. The first-order valence-electron chi connectivity index (χ1n) is 7.36. The molecule has 20 heavy (non-hydrogen) atoms. The van der Waals surface area contributed by atoms with E-state index < -0.39 is 0 Å². The van der Waals surface area contributed by atoms with Crippen LogP contribution in [-0.2, 0) is 11.2 Å². The quantitative estimate of drug-likeness (QED) is 0.867. The van der Waals surface area contributed by atoms with E-state index in [1.165, 1.54) is 0 Å². The molecule has 0 spiro atoms. The van der Waals surface area contributed by atoms with Crippen LogP contribution < -0.4 is 5.32 Å². The maximum atomic E-state index is 11.7. The number of carbonyl (C=O) groups is 1. The lowest BCUT2D eigenvalue weighted by Gasteiger charge is -2.21. The Bertz CT molecular complexity index is 416. The Hall–Kier alpha value is -1.35. The zero-order valence-electron chi connectivity index (χ0n) is 13.9. The van der Waals surface area contributed by atoms with Crippen molar-refractivity contribution in [3.05, 3.63) is 28.8 Å². The van der Waals surface area contributed by atoms with Crippen LogP contribution in [-0.4, -0.2) is 23.0 Å². The van der Waals surface area contributed by atoms with E-state index in [0.29, 0.717) is 6.42 Å². The van der Waals surface area contributed by atoms with Gasteiger partial charge < -0.3 is 10.4 Å². The first-order chi connectivity index (χ1) is 9.31. The molecular formula is C17H29NO2. The number of hydrogen-bond donors (Lipinski definition) is 2. The van der Waals surface area contributed by atoms with E-state index in [0.717, 1.165) is 16.7 Å². The number of rotatable bonds is 5.